The SMILES string of the molecule is CN1CC[C@@]23C=C[C@H](O)C[C@@H]2Oc2c(OC(=O)N4CCc5ccccc5C4)ccc(c23)C1. The van der Waals surface area contributed by atoms with Gasteiger partial charge in [0.25, 0.3) is 0 Å². The van der Waals surface area contributed by atoms with Crippen molar-refractivity contribution in [2.75, 3.05) is 20.1 Å². The summed E-state index contributed by atoms with van der Waals surface area (Å²) >= 11 is 0. The third-order valence-corrected chi connectivity index (χ3v) is 7.51. The van der Waals surface area contributed by atoms with Crippen molar-refractivity contribution in [3.63, 3.8) is 0 Å². The van der Waals surface area contributed by atoms with Crippen molar-refractivity contribution in [2.45, 2.75) is 50.0 Å². The molecule has 0 unspecified atom stereocenters. The summed E-state index contributed by atoms with van der Waals surface area (Å²) in [4.78, 5) is 17.2. The van der Waals surface area contributed by atoms with Gasteiger partial charge in [-0.15, -0.1) is 0 Å². The molecule has 2 aromatic rings. The molecule has 0 aromatic heterocycles. The Morgan fingerprint density at radius 1 is 1.12 bits per heavy atom. The second-order valence-electron chi connectivity index (χ2n) is 9.53. The maximum Gasteiger partial charge on any atom is 0.415 e. The topological polar surface area (TPSA) is 62.2 Å². The molecule has 6 heteroatoms. The van der Waals surface area contributed by atoms with E-state index in [1.165, 1.54) is 16.7 Å². The summed E-state index contributed by atoms with van der Waals surface area (Å²) in [5, 5.41) is 10.3. The molecule has 166 valence electrons. The van der Waals surface area contributed by atoms with Gasteiger partial charge in [0.05, 0.1) is 11.5 Å². The minimum atomic E-state index is -0.510. The van der Waals surface area contributed by atoms with Gasteiger partial charge in [0.2, 0.25) is 0 Å². The minimum absolute atomic E-state index is 0.149. The number of rotatable bonds is 1. The van der Waals surface area contributed by atoms with Crippen LogP contribution < -0.4 is 9.47 Å². The van der Waals surface area contributed by atoms with E-state index in [9.17, 15) is 9.90 Å². The molecule has 2 aromatic carbocycles. The molecule has 0 saturated heterocycles. The van der Waals surface area contributed by atoms with Crippen molar-refractivity contribution >= 4 is 6.09 Å². The summed E-state index contributed by atoms with van der Waals surface area (Å²) in [5.74, 6) is 1.15. The van der Waals surface area contributed by atoms with Gasteiger partial charge < -0.3 is 24.4 Å². The van der Waals surface area contributed by atoms with Crippen molar-refractivity contribution in [2.24, 2.45) is 0 Å². The number of hydrogen-bond donors (Lipinski definition) is 1. The Morgan fingerprint density at radius 2 is 1.97 bits per heavy atom. The van der Waals surface area contributed by atoms with Gasteiger partial charge in [0.15, 0.2) is 11.5 Å². The fourth-order valence-corrected chi connectivity index (χ4v) is 5.81. The fraction of sp³-hybridized carbons (Fsp3) is 0.423. The number of amides is 1. The molecule has 32 heavy (non-hydrogen) atoms. The predicted octanol–water partition coefficient (Wildman–Crippen LogP) is 3.40. The molecule has 3 aliphatic heterocycles. The summed E-state index contributed by atoms with van der Waals surface area (Å²) in [7, 11) is 2.13. The van der Waals surface area contributed by atoms with E-state index in [1.54, 1.807) is 4.90 Å². The van der Waals surface area contributed by atoms with Gasteiger partial charge in [-0.05, 0) is 49.2 Å². The maximum absolute atomic E-state index is 13.1. The highest BCUT2D eigenvalue weighted by Crippen LogP contribution is 2.55. The first-order chi connectivity index (χ1) is 15.5. The number of nitrogens with zero attached hydrogens (tertiary/aromatic N) is 2. The molecule has 1 spiro atoms. The molecular weight excluding hydrogens is 404 g/mol. The molecule has 3 atom stereocenters. The summed E-state index contributed by atoms with van der Waals surface area (Å²) < 4.78 is 12.4. The smallest absolute Gasteiger partial charge is 0.415 e. The molecule has 0 fully saturated rings. The molecule has 0 bridgehead atoms. The summed E-state index contributed by atoms with van der Waals surface area (Å²) in [6, 6.07) is 12.2. The molecule has 1 aliphatic carbocycles. The number of benzene rings is 2. The molecule has 0 saturated carbocycles. The number of carbonyl (C=O) groups is 1. The lowest BCUT2D eigenvalue weighted by Gasteiger charge is -2.35. The van der Waals surface area contributed by atoms with Gasteiger partial charge in [0.1, 0.15) is 6.10 Å². The van der Waals surface area contributed by atoms with Gasteiger partial charge >= 0.3 is 6.09 Å². The molecule has 1 N–H and O–H groups in total. The second-order valence-corrected chi connectivity index (χ2v) is 9.53. The fourth-order valence-electron chi connectivity index (χ4n) is 5.81. The standard InChI is InChI=1S/C26H28N2O4/c1-27-13-11-26-10-8-20(29)14-22(26)32-24-21(7-6-19(15-27)23(24)26)31-25(30)28-12-9-17-4-2-3-5-18(17)16-28/h2-8,10,20,22,29H,9,11-16H2,1H3/t20-,22-,26-/m0/s1. The zero-order chi connectivity index (χ0) is 21.9. The number of fused-ring (bicyclic) bond motifs is 1. The van der Waals surface area contributed by atoms with Crippen molar-refractivity contribution in [3.8, 4) is 11.5 Å². The van der Waals surface area contributed by atoms with E-state index in [0.717, 1.165) is 31.5 Å². The van der Waals surface area contributed by atoms with E-state index < -0.39 is 6.10 Å². The van der Waals surface area contributed by atoms with Gasteiger partial charge in [-0.25, -0.2) is 4.79 Å². The average molecular weight is 433 g/mol. The maximum atomic E-state index is 13.1. The van der Waals surface area contributed by atoms with E-state index >= 15 is 0 Å². The normalized spacial score (nSPS) is 28.2. The van der Waals surface area contributed by atoms with Crippen LogP contribution in [0.1, 0.15) is 35.1 Å². The first kappa shape index (κ1) is 19.8. The number of ether oxygens (including phenoxy) is 2. The molecular formula is C26H28N2O4. The molecule has 3 heterocycles. The zero-order valence-electron chi connectivity index (χ0n) is 18.3. The van der Waals surface area contributed by atoms with Crippen molar-refractivity contribution in [1.82, 2.24) is 9.80 Å². The van der Waals surface area contributed by atoms with E-state index in [0.29, 0.717) is 31.0 Å². The van der Waals surface area contributed by atoms with Gasteiger partial charge in [-0.2, -0.15) is 0 Å². The first-order valence-electron chi connectivity index (χ1n) is 11.5. The van der Waals surface area contributed by atoms with E-state index in [-0.39, 0.29) is 17.6 Å². The van der Waals surface area contributed by atoms with Gasteiger partial charge in [0, 0.05) is 31.6 Å². The van der Waals surface area contributed by atoms with Crippen LogP contribution >= 0.6 is 0 Å². The Morgan fingerprint density at radius 3 is 2.84 bits per heavy atom. The van der Waals surface area contributed by atoms with Crippen LogP contribution in [-0.4, -0.2) is 53.3 Å². The summed E-state index contributed by atoms with van der Waals surface area (Å²) in [5.41, 5.74) is 4.52. The van der Waals surface area contributed by atoms with Crippen LogP contribution in [0, 0.1) is 0 Å². The predicted molar refractivity (Wildman–Crippen MR) is 120 cm³/mol. The van der Waals surface area contributed by atoms with Crippen molar-refractivity contribution in [1.29, 1.82) is 0 Å². The van der Waals surface area contributed by atoms with E-state index in [2.05, 4.69) is 36.2 Å². The van der Waals surface area contributed by atoms with Crippen LogP contribution in [0.4, 0.5) is 4.79 Å². The first-order valence-corrected chi connectivity index (χ1v) is 11.5. The number of aliphatic hydroxyl groups excluding tert-OH is 1. The lowest BCUT2D eigenvalue weighted by molar-refractivity contribution is 0.0814. The Balaban J connectivity index is 1.33. The lowest BCUT2D eigenvalue weighted by atomic mass is 9.69. The van der Waals surface area contributed by atoms with Crippen LogP contribution in [0.25, 0.3) is 0 Å². The monoisotopic (exact) mass is 432 g/mol. The molecule has 1 amide bonds. The third kappa shape index (κ3) is 3.05. The summed E-state index contributed by atoms with van der Waals surface area (Å²) in [6.07, 6.45) is 5.32. The Kier molecular flexibility index (Phi) is 4.56. The lowest BCUT2D eigenvalue weighted by Crippen LogP contribution is -2.42. The number of aliphatic hydroxyl groups is 1. The number of carbonyl (C=O) groups excluding carboxylic acids is 1. The third-order valence-electron chi connectivity index (χ3n) is 7.51. The van der Waals surface area contributed by atoms with E-state index in [4.69, 9.17) is 9.47 Å². The van der Waals surface area contributed by atoms with Crippen LogP contribution in [0.5, 0.6) is 11.5 Å². The molecule has 6 nitrogen and oxygen atoms in total. The van der Waals surface area contributed by atoms with Crippen molar-refractivity contribution < 1.29 is 19.4 Å². The highest BCUT2D eigenvalue weighted by Gasteiger charge is 2.52. The molecule has 6 rings (SSSR count). The van der Waals surface area contributed by atoms with Crippen LogP contribution in [0.2, 0.25) is 0 Å². The van der Waals surface area contributed by atoms with Crippen LogP contribution in [0.3, 0.4) is 0 Å². The van der Waals surface area contributed by atoms with E-state index in [1.807, 2.05) is 24.3 Å². The average Bonchev–Trinajstić information content (AvgIpc) is 3.06. The second kappa shape index (κ2) is 7.36. The molecule has 4 aliphatic rings. The Labute approximate surface area is 188 Å². The van der Waals surface area contributed by atoms with Gasteiger partial charge in [-0.1, -0.05) is 42.5 Å². The highest BCUT2D eigenvalue weighted by molar-refractivity contribution is 5.74. The Hall–Kier alpha value is -2.83. The summed E-state index contributed by atoms with van der Waals surface area (Å²) in [6.45, 7) is 2.97. The van der Waals surface area contributed by atoms with Crippen LogP contribution in [0.15, 0.2) is 48.6 Å². The van der Waals surface area contributed by atoms with Crippen molar-refractivity contribution in [3.05, 3.63) is 70.8 Å². The number of hydrogen-bond acceptors (Lipinski definition) is 5. The highest BCUT2D eigenvalue weighted by atomic mass is 16.6. The zero-order valence-corrected chi connectivity index (χ0v) is 18.3. The van der Waals surface area contributed by atoms with Gasteiger partial charge in [-0.3, -0.25) is 0 Å². The quantitative estimate of drug-likeness (QED) is 0.700. The molecule has 0 radical (unpaired) electrons. The minimum Gasteiger partial charge on any atom is -0.485 e. The Bertz CT molecular complexity index is 1110. The van der Waals surface area contributed by atoms with Crippen LogP contribution in [-0.2, 0) is 24.9 Å². The largest absolute Gasteiger partial charge is 0.485 e.